The van der Waals surface area contributed by atoms with Crippen LogP contribution in [-0.2, 0) is 9.63 Å². The molecule has 4 heteroatoms. The molecule has 0 aliphatic heterocycles. The molecule has 4 nitrogen and oxygen atoms in total. The lowest BCUT2D eigenvalue weighted by atomic mass is 10.0. The molecule has 96 valence electrons. The zero-order valence-electron chi connectivity index (χ0n) is 10.5. The Morgan fingerprint density at radius 1 is 1.39 bits per heavy atom. The van der Waals surface area contributed by atoms with E-state index >= 15 is 0 Å². The van der Waals surface area contributed by atoms with Crippen molar-refractivity contribution in [2.45, 2.75) is 0 Å². The summed E-state index contributed by atoms with van der Waals surface area (Å²) in [5, 5.41) is 9.87. The topological polar surface area (TPSA) is 49.8 Å². The Hall–Kier alpha value is -1.91. The Morgan fingerprint density at radius 2 is 2.06 bits per heavy atom. The largest absolute Gasteiger partial charge is 0.392 e. The number of carbonyl (C=O) groups excluding carboxylic acids is 1. The molecule has 0 atom stereocenters. The van der Waals surface area contributed by atoms with Crippen molar-refractivity contribution < 1.29 is 14.7 Å². The van der Waals surface area contributed by atoms with Gasteiger partial charge < -0.3 is 5.11 Å². The van der Waals surface area contributed by atoms with Gasteiger partial charge >= 0.3 is 0 Å². The van der Waals surface area contributed by atoms with Gasteiger partial charge in [-0.2, -0.15) is 0 Å². The van der Waals surface area contributed by atoms with Gasteiger partial charge in [0.1, 0.15) is 0 Å². The minimum absolute atomic E-state index is 0.0626. The predicted molar refractivity (Wildman–Crippen MR) is 70.4 cm³/mol. The molecule has 1 aromatic rings. The minimum atomic E-state index is -0.244. The summed E-state index contributed by atoms with van der Waals surface area (Å²) in [4.78, 5) is 17.0. The van der Waals surface area contributed by atoms with Crippen LogP contribution in [0.2, 0.25) is 0 Å². The molecule has 0 saturated carbocycles. The van der Waals surface area contributed by atoms with Crippen LogP contribution in [0.25, 0.3) is 5.57 Å². The van der Waals surface area contributed by atoms with Crippen LogP contribution in [0, 0.1) is 0 Å². The normalized spacial score (nSPS) is 11.8. The first-order valence-corrected chi connectivity index (χ1v) is 5.56. The van der Waals surface area contributed by atoms with Crippen molar-refractivity contribution in [2.24, 2.45) is 0 Å². The van der Waals surface area contributed by atoms with Crippen molar-refractivity contribution in [3.05, 3.63) is 54.1 Å². The van der Waals surface area contributed by atoms with E-state index in [0.29, 0.717) is 5.57 Å². The maximum atomic E-state index is 12.1. The average molecular weight is 247 g/mol. The van der Waals surface area contributed by atoms with Crippen molar-refractivity contribution in [2.75, 3.05) is 20.8 Å². The second-order valence-corrected chi connectivity index (χ2v) is 3.54. The lowest BCUT2D eigenvalue weighted by Crippen LogP contribution is -2.26. The summed E-state index contributed by atoms with van der Waals surface area (Å²) in [6, 6.07) is 9.30. The Morgan fingerprint density at radius 3 is 2.61 bits per heavy atom. The molecule has 0 heterocycles. The summed E-state index contributed by atoms with van der Waals surface area (Å²) >= 11 is 0. The van der Waals surface area contributed by atoms with E-state index in [1.807, 2.05) is 30.3 Å². The van der Waals surface area contributed by atoms with E-state index < -0.39 is 0 Å². The van der Waals surface area contributed by atoms with E-state index in [9.17, 15) is 4.79 Å². The molecular weight excluding hydrogens is 230 g/mol. The lowest BCUT2D eigenvalue weighted by Gasteiger charge is -2.15. The highest BCUT2D eigenvalue weighted by molar-refractivity contribution is 6.19. The van der Waals surface area contributed by atoms with Gasteiger partial charge in [0.25, 0.3) is 5.91 Å². The standard InChI is InChI=1S/C14H17NO3/c1-15(18-2)14(17)13(10-6-7-11-16)12-8-4-3-5-9-12/h3-10,16H,11H2,1-2H3/b7-6+,13-10-. The van der Waals surface area contributed by atoms with Crippen molar-refractivity contribution in [3.8, 4) is 0 Å². The summed E-state index contributed by atoms with van der Waals surface area (Å²) in [5.41, 5.74) is 1.30. The summed E-state index contributed by atoms with van der Waals surface area (Å²) < 4.78 is 0. The Kier molecular flexibility index (Phi) is 5.84. The molecule has 0 radical (unpaired) electrons. The molecule has 0 aromatic heterocycles. The van der Waals surface area contributed by atoms with E-state index in [2.05, 4.69) is 0 Å². The van der Waals surface area contributed by atoms with Crippen LogP contribution < -0.4 is 0 Å². The van der Waals surface area contributed by atoms with Crippen LogP contribution in [0.15, 0.2) is 48.6 Å². The van der Waals surface area contributed by atoms with E-state index in [-0.39, 0.29) is 12.5 Å². The molecule has 0 fully saturated rings. The highest BCUT2D eigenvalue weighted by atomic mass is 16.7. The quantitative estimate of drug-likeness (QED) is 0.489. The fourth-order valence-electron chi connectivity index (χ4n) is 1.39. The van der Waals surface area contributed by atoms with Crippen molar-refractivity contribution >= 4 is 11.5 Å². The van der Waals surface area contributed by atoms with E-state index in [1.165, 1.54) is 7.11 Å². The van der Waals surface area contributed by atoms with E-state index in [0.717, 1.165) is 10.6 Å². The summed E-state index contributed by atoms with van der Waals surface area (Å²) in [6.45, 7) is -0.0626. The van der Waals surface area contributed by atoms with Crippen LogP contribution in [0.3, 0.4) is 0 Å². The van der Waals surface area contributed by atoms with Gasteiger partial charge in [0.2, 0.25) is 0 Å². The average Bonchev–Trinajstić information content (AvgIpc) is 2.43. The number of likely N-dealkylation sites (N-methyl/N-ethyl adjacent to an activating group) is 1. The second kappa shape index (κ2) is 7.42. The molecule has 0 bridgehead atoms. The molecule has 1 amide bonds. The van der Waals surface area contributed by atoms with E-state index in [4.69, 9.17) is 9.94 Å². The van der Waals surface area contributed by atoms with Crippen LogP contribution >= 0.6 is 0 Å². The number of aliphatic hydroxyl groups is 1. The molecule has 1 aromatic carbocycles. The zero-order valence-corrected chi connectivity index (χ0v) is 10.5. The molecule has 0 aliphatic carbocycles. The van der Waals surface area contributed by atoms with Crippen molar-refractivity contribution in [1.82, 2.24) is 5.06 Å². The van der Waals surface area contributed by atoms with Gasteiger partial charge in [-0.05, 0) is 11.6 Å². The number of hydrogen-bond acceptors (Lipinski definition) is 3. The third-order valence-corrected chi connectivity index (χ3v) is 2.38. The van der Waals surface area contributed by atoms with Gasteiger partial charge in [0, 0.05) is 12.6 Å². The fraction of sp³-hybridized carbons (Fsp3) is 0.214. The Bertz CT molecular complexity index is 438. The number of allylic oxidation sites excluding steroid dienone is 2. The lowest BCUT2D eigenvalue weighted by molar-refractivity contribution is -0.161. The van der Waals surface area contributed by atoms with Crippen LogP contribution in [0.5, 0.6) is 0 Å². The van der Waals surface area contributed by atoms with Crippen LogP contribution in [0.1, 0.15) is 5.56 Å². The maximum absolute atomic E-state index is 12.1. The van der Waals surface area contributed by atoms with Crippen LogP contribution in [-0.4, -0.2) is 36.8 Å². The van der Waals surface area contributed by atoms with Gasteiger partial charge in [-0.15, -0.1) is 0 Å². The summed E-state index contributed by atoms with van der Waals surface area (Å²) in [6.07, 6.45) is 4.86. The second-order valence-electron chi connectivity index (χ2n) is 3.54. The SMILES string of the molecule is CON(C)C(=O)/C(=C\C=C\CO)c1ccccc1. The fourth-order valence-corrected chi connectivity index (χ4v) is 1.39. The molecule has 1 rings (SSSR count). The van der Waals surface area contributed by atoms with Crippen LogP contribution in [0.4, 0.5) is 0 Å². The first kappa shape index (κ1) is 14.2. The zero-order chi connectivity index (χ0) is 13.4. The third kappa shape index (κ3) is 3.84. The van der Waals surface area contributed by atoms with Gasteiger partial charge in [-0.1, -0.05) is 42.5 Å². The molecule has 0 saturated heterocycles. The van der Waals surface area contributed by atoms with Gasteiger partial charge in [0.05, 0.1) is 13.7 Å². The Balaban J connectivity index is 3.07. The molecular formula is C14H17NO3. The number of carbonyl (C=O) groups is 1. The summed E-state index contributed by atoms with van der Waals surface area (Å²) in [7, 11) is 2.99. The molecule has 0 aliphatic rings. The van der Waals surface area contributed by atoms with Gasteiger partial charge in [-0.3, -0.25) is 9.63 Å². The number of benzene rings is 1. The highest BCUT2D eigenvalue weighted by Crippen LogP contribution is 2.16. The molecule has 1 N–H and O–H groups in total. The Labute approximate surface area is 107 Å². The maximum Gasteiger partial charge on any atom is 0.277 e. The number of hydrogen-bond donors (Lipinski definition) is 1. The number of nitrogens with zero attached hydrogens (tertiary/aromatic N) is 1. The smallest absolute Gasteiger partial charge is 0.277 e. The monoisotopic (exact) mass is 247 g/mol. The minimum Gasteiger partial charge on any atom is -0.392 e. The number of hydroxylamine groups is 2. The van der Waals surface area contributed by atoms with Gasteiger partial charge in [-0.25, -0.2) is 5.06 Å². The first-order valence-electron chi connectivity index (χ1n) is 5.56. The number of aliphatic hydroxyl groups excluding tert-OH is 1. The number of rotatable bonds is 5. The number of amides is 1. The van der Waals surface area contributed by atoms with Gasteiger partial charge in [0.15, 0.2) is 0 Å². The van der Waals surface area contributed by atoms with E-state index in [1.54, 1.807) is 25.3 Å². The summed E-state index contributed by atoms with van der Waals surface area (Å²) in [5.74, 6) is -0.244. The molecule has 0 unspecified atom stereocenters. The predicted octanol–water partition coefficient (Wildman–Crippen LogP) is 1.64. The van der Waals surface area contributed by atoms with Crippen molar-refractivity contribution in [1.29, 1.82) is 0 Å². The molecule has 0 spiro atoms. The van der Waals surface area contributed by atoms with Crippen molar-refractivity contribution in [3.63, 3.8) is 0 Å². The third-order valence-electron chi connectivity index (χ3n) is 2.38. The molecule has 18 heavy (non-hydrogen) atoms. The first-order chi connectivity index (χ1) is 8.70. The highest BCUT2D eigenvalue weighted by Gasteiger charge is 2.15.